The van der Waals surface area contributed by atoms with Gasteiger partial charge in [-0.2, -0.15) is 0 Å². The van der Waals surface area contributed by atoms with Crippen LogP contribution in [0, 0.1) is 0 Å². The zero-order chi connectivity index (χ0) is 15.3. The van der Waals surface area contributed by atoms with Crippen LogP contribution in [0.4, 0.5) is 0 Å². The first kappa shape index (κ1) is 15.9. The van der Waals surface area contributed by atoms with Crippen LogP contribution in [-0.4, -0.2) is 54.2 Å². The van der Waals surface area contributed by atoms with Crippen molar-refractivity contribution in [2.75, 3.05) is 32.7 Å². The third-order valence-electron chi connectivity index (χ3n) is 4.10. The molecule has 1 fully saturated rings. The number of piperazine rings is 1. The fourth-order valence-corrected chi connectivity index (χ4v) is 2.57. The Labute approximate surface area is 126 Å². The average Bonchev–Trinajstić information content (AvgIpc) is 2.53. The van der Waals surface area contributed by atoms with E-state index in [1.807, 2.05) is 44.2 Å². The van der Waals surface area contributed by atoms with Gasteiger partial charge in [-0.15, -0.1) is 0 Å². The Hall–Kier alpha value is -1.43. The Morgan fingerprint density at radius 1 is 1.33 bits per heavy atom. The second-order valence-electron chi connectivity index (χ2n) is 5.93. The molecule has 0 aliphatic carbocycles. The van der Waals surface area contributed by atoms with E-state index in [9.17, 15) is 9.90 Å². The Balaban J connectivity index is 1.88. The van der Waals surface area contributed by atoms with E-state index in [4.69, 9.17) is 0 Å². The standard InChI is InChI=1S/C16H25N3O2/c1-16(2,19-10-8-17-9-11-19)15(21)18-12-14(20)13-6-4-3-5-7-13/h3-7,14,17,20H,8-12H2,1-2H3,(H,18,21). The van der Waals surface area contributed by atoms with Gasteiger partial charge in [0.25, 0.3) is 0 Å². The Morgan fingerprint density at radius 3 is 2.57 bits per heavy atom. The lowest BCUT2D eigenvalue weighted by molar-refractivity contribution is -0.132. The molecule has 1 heterocycles. The second-order valence-corrected chi connectivity index (χ2v) is 5.93. The van der Waals surface area contributed by atoms with Gasteiger partial charge in [0.2, 0.25) is 5.91 Å². The summed E-state index contributed by atoms with van der Waals surface area (Å²) in [5.74, 6) is -0.0422. The summed E-state index contributed by atoms with van der Waals surface area (Å²) in [5, 5.41) is 16.3. The van der Waals surface area contributed by atoms with E-state index in [0.29, 0.717) is 0 Å². The summed E-state index contributed by atoms with van der Waals surface area (Å²) in [6, 6.07) is 9.38. The number of hydrogen-bond donors (Lipinski definition) is 3. The lowest BCUT2D eigenvalue weighted by Gasteiger charge is -2.39. The number of carbonyl (C=O) groups excluding carboxylic acids is 1. The fourth-order valence-electron chi connectivity index (χ4n) is 2.57. The second kappa shape index (κ2) is 7.02. The molecule has 1 aromatic rings. The maximum absolute atomic E-state index is 12.4. The number of carbonyl (C=O) groups is 1. The molecule has 3 N–H and O–H groups in total. The summed E-state index contributed by atoms with van der Waals surface area (Å²) < 4.78 is 0. The molecular weight excluding hydrogens is 266 g/mol. The molecule has 1 aliphatic heterocycles. The van der Waals surface area contributed by atoms with Crippen LogP contribution in [-0.2, 0) is 4.79 Å². The number of aliphatic hydroxyl groups is 1. The van der Waals surface area contributed by atoms with Gasteiger partial charge in [0.15, 0.2) is 0 Å². The van der Waals surface area contributed by atoms with Gasteiger partial charge in [0, 0.05) is 32.7 Å². The van der Waals surface area contributed by atoms with Crippen LogP contribution in [0.15, 0.2) is 30.3 Å². The minimum Gasteiger partial charge on any atom is -0.387 e. The van der Waals surface area contributed by atoms with E-state index in [1.54, 1.807) is 0 Å². The number of nitrogens with zero attached hydrogens (tertiary/aromatic N) is 1. The first-order valence-corrected chi connectivity index (χ1v) is 7.49. The molecule has 1 saturated heterocycles. The van der Waals surface area contributed by atoms with Crippen LogP contribution in [0.25, 0.3) is 0 Å². The van der Waals surface area contributed by atoms with Gasteiger partial charge in [0.1, 0.15) is 0 Å². The van der Waals surface area contributed by atoms with E-state index >= 15 is 0 Å². The Bertz CT molecular complexity index is 456. The molecule has 116 valence electrons. The number of rotatable bonds is 5. The van der Waals surface area contributed by atoms with Crippen molar-refractivity contribution in [3.63, 3.8) is 0 Å². The minimum absolute atomic E-state index is 0.0422. The molecule has 0 spiro atoms. The minimum atomic E-state index is -0.672. The topological polar surface area (TPSA) is 64.6 Å². The maximum atomic E-state index is 12.4. The van der Waals surface area contributed by atoms with Gasteiger partial charge in [-0.05, 0) is 19.4 Å². The van der Waals surface area contributed by atoms with Crippen LogP contribution < -0.4 is 10.6 Å². The van der Waals surface area contributed by atoms with Gasteiger partial charge in [-0.25, -0.2) is 0 Å². The summed E-state index contributed by atoms with van der Waals surface area (Å²) in [5.41, 5.74) is 0.260. The Kier molecular flexibility index (Phi) is 5.33. The summed E-state index contributed by atoms with van der Waals surface area (Å²) in [4.78, 5) is 14.6. The molecular formula is C16H25N3O2. The zero-order valence-corrected chi connectivity index (χ0v) is 12.8. The molecule has 1 aromatic carbocycles. The van der Waals surface area contributed by atoms with Gasteiger partial charge < -0.3 is 15.7 Å². The lowest BCUT2D eigenvalue weighted by atomic mass is 10.00. The van der Waals surface area contributed by atoms with Crippen LogP contribution in [0.3, 0.4) is 0 Å². The van der Waals surface area contributed by atoms with Crippen molar-refractivity contribution in [2.45, 2.75) is 25.5 Å². The largest absolute Gasteiger partial charge is 0.387 e. The molecule has 1 amide bonds. The molecule has 0 aromatic heterocycles. The number of hydrogen-bond acceptors (Lipinski definition) is 4. The van der Waals surface area contributed by atoms with Crippen molar-refractivity contribution >= 4 is 5.91 Å². The van der Waals surface area contributed by atoms with Crippen molar-refractivity contribution in [2.24, 2.45) is 0 Å². The summed E-state index contributed by atoms with van der Waals surface area (Å²) >= 11 is 0. The molecule has 0 saturated carbocycles. The van der Waals surface area contributed by atoms with Crippen molar-refractivity contribution in [3.8, 4) is 0 Å². The van der Waals surface area contributed by atoms with E-state index in [1.165, 1.54) is 0 Å². The first-order chi connectivity index (χ1) is 10.0. The van der Waals surface area contributed by atoms with Gasteiger partial charge in [-0.3, -0.25) is 9.69 Å². The zero-order valence-electron chi connectivity index (χ0n) is 12.8. The monoisotopic (exact) mass is 291 g/mol. The van der Waals surface area contributed by atoms with Crippen LogP contribution in [0.5, 0.6) is 0 Å². The van der Waals surface area contributed by atoms with E-state index < -0.39 is 11.6 Å². The number of nitrogens with one attached hydrogen (secondary N) is 2. The van der Waals surface area contributed by atoms with Crippen molar-refractivity contribution in [1.82, 2.24) is 15.5 Å². The molecule has 0 radical (unpaired) electrons. The number of benzene rings is 1. The molecule has 1 aliphatic rings. The molecule has 5 nitrogen and oxygen atoms in total. The normalized spacial score (nSPS) is 18.2. The van der Waals surface area contributed by atoms with Gasteiger partial charge in [-0.1, -0.05) is 30.3 Å². The number of aliphatic hydroxyl groups excluding tert-OH is 1. The third-order valence-corrected chi connectivity index (χ3v) is 4.10. The highest BCUT2D eigenvalue weighted by Crippen LogP contribution is 2.16. The van der Waals surface area contributed by atoms with Gasteiger partial charge in [0.05, 0.1) is 11.6 Å². The number of amides is 1. The summed E-state index contributed by atoms with van der Waals surface area (Å²) in [6.45, 7) is 7.64. The van der Waals surface area contributed by atoms with Crippen molar-refractivity contribution in [3.05, 3.63) is 35.9 Å². The molecule has 1 unspecified atom stereocenters. The quantitative estimate of drug-likeness (QED) is 0.740. The molecule has 21 heavy (non-hydrogen) atoms. The van der Waals surface area contributed by atoms with Crippen LogP contribution in [0.2, 0.25) is 0 Å². The lowest BCUT2D eigenvalue weighted by Crippen LogP contribution is -2.60. The third kappa shape index (κ3) is 4.03. The fraction of sp³-hybridized carbons (Fsp3) is 0.562. The summed E-state index contributed by atoms with van der Waals surface area (Å²) in [7, 11) is 0. The van der Waals surface area contributed by atoms with E-state index in [-0.39, 0.29) is 12.5 Å². The predicted molar refractivity (Wildman–Crippen MR) is 82.9 cm³/mol. The highest BCUT2D eigenvalue weighted by atomic mass is 16.3. The first-order valence-electron chi connectivity index (χ1n) is 7.49. The van der Waals surface area contributed by atoms with Crippen molar-refractivity contribution < 1.29 is 9.90 Å². The molecule has 2 rings (SSSR count). The molecule has 1 atom stereocenters. The molecule has 0 bridgehead atoms. The maximum Gasteiger partial charge on any atom is 0.240 e. The van der Waals surface area contributed by atoms with Crippen LogP contribution >= 0.6 is 0 Å². The predicted octanol–water partition coefficient (Wildman–Crippen LogP) is 0.520. The smallest absolute Gasteiger partial charge is 0.240 e. The summed E-state index contributed by atoms with van der Waals surface area (Å²) in [6.07, 6.45) is -0.672. The van der Waals surface area contributed by atoms with E-state index in [0.717, 1.165) is 31.7 Å². The molecule has 5 heteroatoms. The Morgan fingerprint density at radius 2 is 1.95 bits per heavy atom. The van der Waals surface area contributed by atoms with Gasteiger partial charge >= 0.3 is 0 Å². The highest BCUT2D eigenvalue weighted by molar-refractivity contribution is 5.85. The van der Waals surface area contributed by atoms with E-state index in [2.05, 4.69) is 15.5 Å². The SMILES string of the molecule is CC(C)(C(=O)NCC(O)c1ccccc1)N1CCNCC1. The average molecular weight is 291 g/mol. The van der Waals surface area contributed by atoms with Crippen LogP contribution in [0.1, 0.15) is 25.5 Å². The van der Waals surface area contributed by atoms with Crippen molar-refractivity contribution in [1.29, 1.82) is 0 Å². The highest BCUT2D eigenvalue weighted by Gasteiger charge is 2.35.